The van der Waals surface area contributed by atoms with Gasteiger partial charge >= 0.3 is 0 Å². The topological polar surface area (TPSA) is 35.2 Å². The number of rotatable bonds is 3. The summed E-state index contributed by atoms with van der Waals surface area (Å²) in [6.07, 6.45) is 3.80. The summed E-state index contributed by atoms with van der Waals surface area (Å²) in [6.45, 7) is 6.88. The van der Waals surface area contributed by atoms with Gasteiger partial charge in [-0.05, 0) is 61.6 Å². The molecule has 2 heteroatoms. The molecule has 1 aromatic rings. The van der Waals surface area contributed by atoms with Gasteiger partial charge in [0.15, 0.2) is 0 Å². The summed E-state index contributed by atoms with van der Waals surface area (Å²) < 4.78 is 5.32. The number of hydrogen-bond acceptors (Lipinski definition) is 2. The zero-order valence-corrected chi connectivity index (χ0v) is 12.6. The maximum Gasteiger partial charge on any atom is 0.119 e. The van der Waals surface area contributed by atoms with Crippen LogP contribution >= 0.6 is 0 Å². The van der Waals surface area contributed by atoms with E-state index in [0.717, 1.165) is 17.6 Å². The summed E-state index contributed by atoms with van der Waals surface area (Å²) in [5.74, 6) is 3.01. The predicted octanol–water partition coefficient (Wildman–Crippen LogP) is 3.94. The Morgan fingerprint density at radius 3 is 2.37 bits per heavy atom. The van der Waals surface area contributed by atoms with Gasteiger partial charge in [0.25, 0.3) is 0 Å². The van der Waals surface area contributed by atoms with Crippen molar-refractivity contribution in [3.8, 4) is 5.75 Å². The number of hydrogen-bond donors (Lipinski definition) is 1. The van der Waals surface area contributed by atoms with Crippen molar-refractivity contribution in [3.63, 3.8) is 0 Å². The van der Waals surface area contributed by atoms with E-state index >= 15 is 0 Å². The van der Waals surface area contributed by atoms with Crippen LogP contribution in [0.4, 0.5) is 0 Å². The molecule has 0 radical (unpaired) electrons. The molecule has 0 aliphatic heterocycles. The van der Waals surface area contributed by atoms with Crippen molar-refractivity contribution in [2.24, 2.45) is 23.5 Å². The van der Waals surface area contributed by atoms with E-state index < -0.39 is 0 Å². The van der Waals surface area contributed by atoms with Gasteiger partial charge in [-0.15, -0.1) is 0 Å². The Labute approximate surface area is 117 Å². The highest BCUT2D eigenvalue weighted by Crippen LogP contribution is 2.42. The lowest BCUT2D eigenvalue weighted by atomic mass is 9.67. The second-order valence-corrected chi connectivity index (χ2v) is 6.63. The molecule has 1 aromatic carbocycles. The number of nitrogens with two attached hydrogens (primary N) is 1. The predicted molar refractivity (Wildman–Crippen MR) is 80.2 cm³/mol. The van der Waals surface area contributed by atoms with Crippen molar-refractivity contribution in [1.82, 2.24) is 0 Å². The zero-order chi connectivity index (χ0) is 14.0. The first-order valence-electron chi connectivity index (χ1n) is 7.37. The molecular formula is C17H27NO. The Hall–Kier alpha value is -1.02. The fourth-order valence-corrected chi connectivity index (χ4v) is 3.63. The van der Waals surface area contributed by atoms with E-state index in [-0.39, 0.29) is 5.54 Å². The fraction of sp³-hybridized carbons (Fsp3) is 0.647. The highest BCUT2D eigenvalue weighted by Gasteiger charge is 2.36. The molecule has 0 heterocycles. The first kappa shape index (κ1) is 14.4. The van der Waals surface area contributed by atoms with Crippen LogP contribution in [0.3, 0.4) is 0 Å². The summed E-state index contributed by atoms with van der Waals surface area (Å²) in [6, 6.07) is 8.23. The van der Waals surface area contributed by atoms with Crippen molar-refractivity contribution < 1.29 is 4.74 Å². The molecule has 0 spiro atoms. The molecule has 1 aliphatic rings. The summed E-state index contributed by atoms with van der Waals surface area (Å²) >= 11 is 0. The minimum Gasteiger partial charge on any atom is -0.497 e. The number of benzene rings is 1. The van der Waals surface area contributed by atoms with Gasteiger partial charge in [0.2, 0.25) is 0 Å². The van der Waals surface area contributed by atoms with Gasteiger partial charge < -0.3 is 10.5 Å². The van der Waals surface area contributed by atoms with Crippen molar-refractivity contribution in [1.29, 1.82) is 0 Å². The Bertz CT molecular complexity index is 417. The Kier molecular flexibility index (Phi) is 4.19. The smallest absolute Gasteiger partial charge is 0.119 e. The molecular weight excluding hydrogens is 234 g/mol. The maximum atomic E-state index is 6.71. The maximum absolute atomic E-state index is 6.71. The molecule has 0 amide bonds. The molecule has 2 nitrogen and oxygen atoms in total. The first-order valence-corrected chi connectivity index (χ1v) is 7.37. The van der Waals surface area contributed by atoms with E-state index in [1.807, 2.05) is 12.1 Å². The van der Waals surface area contributed by atoms with Crippen LogP contribution in [0.1, 0.15) is 45.6 Å². The SMILES string of the molecule is COc1cccc(C(C)(N)C2CC(C)CC(C)C2)c1. The molecule has 1 fully saturated rings. The molecule has 19 heavy (non-hydrogen) atoms. The van der Waals surface area contributed by atoms with Crippen LogP contribution in [0.5, 0.6) is 5.75 Å². The van der Waals surface area contributed by atoms with Gasteiger partial charge in [-0.1, -0.05) is 26.0 Å². The van der Waals surface area contributed by atoms with Crippen LogP contribution in [-0.4, -0.2) is 7.11 Å². The Balaban J connectivity index is 2.24. The van der Waals surface area contributed by atoms with Gasteiger partial charge in [-0.3, -0.25) is 0 Å². The Morgan fingerprint density at radius 1 is 1.16 bits per heavy atom. The summed E-state index contributed by atoms with van der Waals surface area (Å²) in [5.41, 5.74) is 7.63. The second-order valence-electron chi connectivity index (χ2n) is 6.63. The number of ether oxygens (including phenoxy) is 1. The molecule has 0 saturated heterocycles. The van der Waals surface area contributed by atoms with E-state index in [4.69, 9.17) is 10.5 Å². The summed E-state index contributed by atoms with van der Waals surface area (Å²) in [4.78, 5) is 0. The molecule has 106 valence electrons. The minimum atomic E-state index is -0.266. The van der Waals surface area contributed by atoms with Crippen LogP contribution in [-0.2, 0) is 5.54 Å². The van der Waals surface area contributed by atoms with Gasteiger partial charge in [0, 0.05) is 5.54 Å². The minimum absolute atomic E-state index is 0.266. The van der Waals surface area contributed by atoms with E-state index in [0.29, 0.717) is 5.92 Å². The standard InChI is InChI=1S/C17H27NO/c1-12-8-13(2)10-15(9-12)17(3,18)14-6-5-7-16(11-14)19-4/h5-7,11-13,15H,8-10,18H2,1-4H3. The van der Waals surface area contributed by atoms with E-state index in [2.05, 4.69) is 32.9 Å². The average Bonchev–Trinajstić information content (AvgIpc) is 2.37. The monoisotopic (exact) mass is 261 g/mol. The van der Waals surface area contributed by atoms with Crippen LogP contribution in [0, 0.1) is 17.8 Å². The van der Waals surface area contributed by atoms with Crippen LogP contribution in [0.15, 0.2) is 24.3 Å². The van der Waals surface area contributed by atoms with Crippen LogP contribution in [0.2, 0.25) is 0 Å². The van der Waals surface area contributed by atoms with Gasteiger partial charge in [-0.25, -0.2) is 0 Å². The largest absolute Gasteiger partial charge is 0.497 e. The third-order valence-electron chi connectivity index (χ3n) is 4.72. The van der Waals surface area contributed by atoms with Crippen LogP contribution in [0.25, 0.3) is 0 Å². The van der Waals surface area contributed by atoms with Gasteiger partial charge in [-0.2, -0.15) is 0 Å². The second kappa shape index (κ2) is 5.54. The van der Waals surface area contributed by atoms with Gasteiger partial charge in [0.1, 0.15) is 5.75 Å². The zero-order valence-electron chi connectivity index (χ0n) is 12.6. The quantitative estimate of drug-likeness (QED) is 0.894. The third kappa shape index (κ3) is 3.11. The molecule has 3 atom stereocenters. The van der Waals surface area contributed by atoms with E-state index in [9.17, 15) is 0 Å². The third-order valence-corrected chi connectivity index (χ3v) is 4.72. The van der Waals surface area contributed by atoms with E-state index in [1.165, 1.54) is 24.8 Å². The molecule has 2 N–H and O–H groups in total. The van der Waals surface area contributed by atoms with Crippen molar-refractivity contribution in [2.45, 2.75) is 45.6 Å². The number of methoxy groups -OCH3 is 1. The lowest BCUT2D eigenvalue weighted by Crippen LogP contribution is -2.44. The lowest BCUT2D eigenvalue weighted by molar-refractivity contribution is 0.145. The molecule has 0 aromatic heterocycles. The highest BCUT2D eigenvalue weighted by molar-refractivity contribution is 5.33. The molecule has 0 bridgehead atoms. The summed E-state index contributed by atoms with van der Waals surface area (Å²) in [5, 5.41) is 0. The first-order chi connectivity index (χ1) is 8.93. The lowest BCUT2D eigenvalue weighted by Gasteiger charge is -2.41. The van der Waals surface area contributed by atoms with Gasteiger partial charge in [0.05, 0.1) is 7.11 Å². The highest BCUT2D eigenvalue weighted by atomic mass is 16.5. The molecule has 2 rings (SSSR count). The van der Waals surface area contributed by atoms with E-state index in [1.54, 1.807) is 7.11 Å². The average molecular weight is 261 g/mol. The summed E-state index contributed by atoms with van der Waals surface area (Å²) in [7, 11) is 1.71. The fourth-order valence-electron chi connectivity index (χ4n) is 3.63. The van der Waals surface area contributed by atoms with Crippen molar-refractivity contribution >= 4 is 0 Å². The molecule has 1 saturated carbocycles. The normalized spacial score (nSPS) is 30.7. The van der Waals surface area contributed by atoms with Crippen LogP contribution < -0.4 is 10.5 Å². The van der Waals surface area contributed by atoms with Crippen molar-refractivity contribution in [3.05, 3.63) is 29.8 Å². The molecule has 3 unspecified atom stereocenters. The van der Waals surface area contributed by atoms with Crippen molar-refractivity contribution in [2.75, 3.05) is 7.11 Å². The Morgan fingerprint density at radius 2 is 1.79 bits per heavy atom. The molecule has 1 aliphatic carbocycles.